The second-order valence-corrected chi connectivity index (χ2v) is 5.25. The maximum Gasteiger partial charge on any atom is 0.127 e. The van der Waals surface area contributed by atoms with Gasteiger partial charge in [-0.15, -0.1) is 0 Å². The molecule has 102 valence electrons. The molecular weight excluding hydrogens is 250 g/mol. The number of ether oxygens (including phenoxy) is 1. The number of nitriles is 1. The molecule has 0 spiro atoms. The van der Waals surface area contributed by atoms with Gasteiger partial charge < -0.3 is 9.72 Å². The normalized spacial score (nSPS) is 15.7. The lowest BCUT2D eigenvalue weighted by atomic mass is 10.1. The zero-order chi connectivity index (χ0) is 14.2. The monoisotopic (exact) mass is 267 g/mol. The molecule has 2 aromatic rings. The lowest BCUT2D eigenvalue weighted by Gasteiger charge is -2.08. The van der Waals surface area contributed by atoms with E-state index in [0.29, 0.717) is 6.61 Å². The van der Waals surface area contributed by atoms with Gasteiger partial charge in [-0.3, -0.25) is 0 Å². The van der Waals surface area contributed by atoms with E-state index in [9.17, 15) is 5.26 Å². The van der Waals surface area contributed by atoms with E-state index in [1.165, 1.54) is 0 Å². The zero-order valence-corrected chi connectivity index (χ0v) is 11.7. The first-order chi connectivity index (χ1) is 9.68. The van der Waals surface area contributed by atoms with Crippen LogP contribution in [0.25, 0.3) is 11.3 Å². The number of hydrogen-bond donors (Lipinski definition) is 1. The molecule has 1 fully saturated rings. The molecule has 0 atom stereocenters. The number of rotatable bonds is 4. The molecule has 1 aromatic carbocycles. The predicted molar refractivity (Wildman–Crippen MR) is 76.5 cm³/mol. The summed E-state index contributed by atoms with van der Waals surface area (Å²) in [5.74, 6) is 1.70. The van der Waals surface area contributed by atoms with Crippen LogP contribution in [0.4, 0.5) is 0 Å². The van der Waals surface area contributed by atoms with Crippen molar-refractivity contribution in [1.29, 1.82) is 5.26 Å². The molecule has 0 bridgehead atoms. The number of H-pyrrole nitrogens is 1. The van der Waals surface area contributed by atoms with Crippen molar-refractivity contribution in [2.75, 3.05) is 6.61 Å². The molecule has 0 amide bonds. The fourth-order valence-corrected chi connectivity index (χ4v) is 2.37. The number of nitrogens with one attached hydrogen (secondary N) is 1. The van der Waals surface area contributed by atoms with Crippen molar-refractivity contribution in [3.05, 3.63) is 35.8 Å². The van der Waals surface area contributed by atoms with Crippen LogP contribution in [-0.4, -0.2) is 16.6 Å². The van der Waals surface area contributed by atoms with Gasteiger partial charge in [0, 0.05) is 5.56 Å². The molecule has 3 rings (SSSR count). The summed E-state index contributed by atoms with van der Waals surface area (Å²) >= 11 is 0. The minimum absolute atomic E-state index is 0.363. The summed E-state index contributed by atoms with van der Waals surface area (Å²) in [6.07, 6.45) is 3.61. The molecule has 1 aromatic heterocycles. The van der Waals surface area contributed by atoms with E-state index in [2.05, 4.69) is 22.1 Å². The number of hydrogen-bond acceptors (Lipinski definition) is 3. The molecule has 0 aliphatic heterocycles. The Morgan fingerprint density at radius 2 is 2.25 bits per heavy atom. The van der Waals surface area contributed by atoms with E-state index in [-0.39, 0.29) is 5.41 Å². The van der Waals surface area contributed by atoms with Gasteiger partial charge in [0.15, 0.2) is 0 Å². The summed E-state index contributed by atoms with van der Waals surface area (Å²) in [4.78, 5) is 7.66. The maximum atomic E-state index is 9.20. The second kappa shape index (κ2) is 4.68. The number of nitrogens with zero attached hydrogens (tertiary/aromatic N) is 2. The van der Waals surface area contributed by atoms with Gasteiger partial charge in [0.1, 0.15) is 17.0 Å². The van der Waals surface area contributed by atoms with Crippen molar-refractivity contribution in [3.63, 3.8) is 0 Å². The van der Waals surface area contributed by atoms with Crippen LogP contribution >= 0.6 is 0 Å². The first kappa shape index (κ1) is 12.7. The van der Waals surface area contributed by atoms with E-state index in [1.54, 1.807) is 0 Å². The Balaban J connectivity index is 1.90. The third kappa shape index (κ3) is 2.05. The summed E-state index contributed by atoms with van der Waals surface area (Å²) < 4.78 is 5.55. The lowest BCUT2D eigenvalue weighted by molar-refractivity contribution is 0.338. The summed E-state index contributed by atoms with van der Waals surface area (Å²) in [5.41, 5.74) is 2.76. The number of aromatic nitrogens is 2. The average Bonchev–Trinajstić information content (AvgIpc) is 3.10. The quantitative estimate of drug-likeness (QED) is 0.924. The van der Waals surface area contributed by atoms with Gasteiger partial charge in [0.25, 0.3) is 0 Å². The average molecular weight is 267 g/mol. The van der Waals surface area contributed by atoms with Crippen molar-refractivity contribution in [2.45, 2.75) is 32.1 Å². The molecule has 0 radical (unpaired) electrons. The van der Waals surface area contributed by atoms with E-state index in [4.69, 9.17) is 4.74 Å². The Morgan fingerprint density at radius 1 is 1.45 bits per heavy atom. The molecular formula is C16H17N3O. The molecule has 0 unspecified atom stereocenters. The molecule has 1 heterocycles. The van der Waals surface area contributed by atoms with E-state index >= 15 is 0 Å². The maximum absolute atomic E-state index is 9.20. The highest BCUT2D eigenvalue weighted by Crippen LogP contribution is 2.46. The van der Waals surface area contributed by atoms with Crippen LogP contribution in [0.2, 0.25) is 0 Å². The standard InChI is InChI=1S/C16H17N3O/c1-3-20-14-5-4-12(8-11(14)2)13-9-18-15(19-13)16(10-17)6-7-16/h4-5,8-9H,3,6-7H2,1-2H3,(H,18,19). The Bertz CT molecular complexity index is 677. The number of aromatic amines is 1. The summed E-state index contributed by atoms with van der Waals surface area (Å²) in [6.45, 7) is 4.67. The molecule has 1 saturated carbocycles. The lowest BCUT2D eigenvalue weighted by Crippen LogP contribution is -2.04. The number of imidazole rings is 1. The molecule has 4 nitrogen and oxygen atoms in total. The van der Waals surface area contributed by atoms with Gasteiger partial charge in [-0.2, -0.15) is 5.26 Å². The third-order valence-electron chi connectivity index (χ3n) is 3.78. The summed E-state index contributed by atoms with van der Waals surface area (Å²) in [7, 11) is 0. The van der Waals surface area contributed by atoms with Crippen LogP contribution in [0.15, 0.2) is 24.4 Å². The Labute approximate surface area is 118 Å². The van der Waals surface area contributed by atoms with Crippen LogP contribution in [0.1, 0.15) is 31.2 Å². The van der Waals surface area contributed by atoms with Gasteiger partial charge >= 0.3 is 0 Å². The Morgan fingerprint density at radius 3 is 2.85 bits per heavy atom. The number of aryl methyl sites for hydroxylation is 1. The predicted octanol–water partition coefficient (Wildman–Crippen LogP) is 3.34. The van der Waals surface area contributed by atoms with Crippen LogP contribution < -0.4 is 4.74 Å². The molecule has 0 saturated heterocycles. The van der Waals surface area contributed by atoms with E-state index in [0.717, 1.165) is 41.2 Å². The minimum Gasteiger partial charge on any atom is -0.494 e. The van der Waals surface area contributed by atoms with Gasteiger partial charge in [-0.1, -0.05) is 0 Å². The smallest absolute Gasteiger partial charge is 0.127 e. The Hall–Kier alpha value is -2.28. The highest BCUT2D eigenvalue weighted by molar-refractivity contribution is 5.62. The fraction of sp³-hybridized carbons (Fsp3) is 0.375. The first-order valence-electron chi connectivity index (χ1n) is 6.89. The van der Waals surface area contributed by atoms with E-state index < -0.39 is 0 Å². The van der Waals surface area contributed by atoms with Crippen LogP contribution in [0.5, 0.6) is 5.75 Å². The van der Waals surface area contributed by atoms with E-state index in [1.807, 2.05) is 32.2 Å². The highest BCUT2D eigenvalue weighted by atomic mass is 16.5. The highest BCUT2D eigenvalue weighted by Gasteiger charge is 2.47. The van der Waals surface area contributed by atoms with Crippen molar-refractivity contribution < 1.29 is 4.74 Å². The van der Waals surface area contributed by atoms with Crippen LogP contribution in [-0.2, 0) is 5.41 Å². The fourth-order valence-electron chi connectivity index (χ4n) is 2.37. The van der Waals surface area contributed by atoms with Crippen molar-refractivity contribution in [3.8, 4) is 23.1 Å². The van der Waals surface area contributed by atoms with Gasteiger partial charge in [-0.25, -0.2) is 4.98 Å². The van der Waals surface area contributed by atoms with Gasteiger partial charge in [-0.05, 0) is 50.5 Å². The van der Waals surface area contributed by atoms with Crippen LogP contribution in [0, 0.1) is 18.3 Å². The largest absolute Gasteiger partial charge is 0.494 e. The second-order valence-electron chi connectivity index (χ2n) is 5.25. The molecule has 20 heavy (non-hydrogen) atoms. The minimum atomic E-state index is -0.363. The number of benzene rings is 1. The van der Waals surface area contributed by atoms with Crippen molar-refractivity contribution in [1.82, 2.24) is 9.97 Å². The van der Waals surface area contributed by atoms with Gasteiger partial charge in [0.05, 0.1) is 24.6 Å². The van der Waals surface area contributed by atoms with Crippen molar-refractivity contribution >= 4 is 0 Å². The Kier molecular flexibility index (Phi) is 2.98. The van der Waals surface area contributed by atoms with Gasteiger partial charge in [0.2, 0.25) is 0 Å². The first-order valence-corrected chi connectivity index (χ1v) is 6.89. The van der Waals surface area contributed by atoms with Crippen LogP contribution in [0.3, 0.4) is 0 Å². The third-order valence-corrected chi connectivity index (χ3v) is 3.78. The molecule has 1 aliphatic rings. The SMILES string of the molecule is CCOc1ccc(-c2cnc(C3(C#N)CC3)[nH]2)cc1C. The van der Waals surface area contributed by atoms with Crippen molar-refractivity contribution in [2.24, 2.45) is 0 Å². The topological polar surface area (TPSA) is 61.7 Å². The summed E-state index contributed by atoms with van der Waals surface area (Å²) in [5, 5.41) is 9.20. The zero-order valence-electron chi connectivity index (χ0n) is 11.7. The molecule has 4 heteroatoms. The molecule has 1 aliphatic carbocycles. The summed E-state index contributed by atoms with van der Waals surface area (Å²) in [6, 6.07) is 8.43. The molecule has 1 N–H and O–H groups in total.